The fourth-order valence-corrected chi connectivity index (χ4v) is 8.53. The van der Waals surface area contributed by atoms with Crippen LogP contribution in [0.1, 0.15) is 46.1 Å². The predicted molar refractivity (Wildman–Crippen MR) is 114 cm³/mol. The molecule has 6 heteroatoms. The van der Waals surface area contributed by atoms with E-state index in [-0.39, 0.29) is 12.0 Å². The van der Waals surface area contributed by atoms with E-state index in [1.807, 2.05) is 49.4 Å². The van der Waals surface area contributed by atoms with Crippen molar-refractivity contribution in [3.05, 3.63) is 67.3 Å². The zero-order valence-electron chi connectivity index (χ0n) is 15.7. The van der Waals surface area contributed by atoms with Crippen molar-refractivity contribution in [2.75, 3.05) is 6.61 Å². The van der Waals surface area contributed by atoms with Crippen molar-refractivity contribution in [2.45, 2.75) is 46.0 Å². The van der Waals surface area contributed by atoms with Crippen LogP contribution in [0.4, 0.5) is 0 Å². The summed E-state index contributed by atoms with van der Waals surface area (Å²) in [6.07, 6.45) is 1.55. The molecule has 0 heterocycles. The Labute approximate surface area is 165 Å². The Morgan fingerprint density at radius 3 is 2.04 bits per heavy atom. The molecule has 0 saturated carbocycles. The Morgan fingerprint density at radius 1 is 0.923 bits per heavy atom. The third-order valence-electron chi connectivity index (χ3n) is 3.71. The van der Waals surface area contributed by atoms with Gasteiger partial charge in [-0.1, -0.05) is 0 Å². The van der Waals surface area contributed by atoms with E-state index in [2.05, 4.69) is 32.9 Å². The van der Waals surface area contributed by atoms with E-state index < -0.39 is 30.6 Å². The molecular formula is C20H27IO4S. The Morgan fingerprint density at radius 2 is 1.50 bits per heavy atom. The van der Waals surface area contributed by atoms with Gasteiger partial charge in [-0.2, -0.15) is 0 Å². The summed E-state index contributed by atoms with van der Waals surface area (Å²) >= 11 is -2.63. The van der Waals surface area contributed by atoms with Crippen LogP contribution in [0.25, 0.3) is 0 Å². The molecule has 0 radical (unpaired) electrons. The number of halogens is 1. The molecule has 2 rings (SSSR count). The SMILES string of the molecule is CCCCOS(=O)(=O)OI(c1ccccc1)c1ccc(C(C)(C)C)cc1. The third kappa shape index (κ3) is 6.33. The van der Waals surface area contributed by atoms with Gasteiger partial charge in [0.1, 0.15) is 0 Å². The first-order chi connectivity index (χ1) is 12.2. The van der Waals surface area contributed by atoms with Crippen molar-refractivity contribution in [2.24, 2.45) is 0 Å². The van der Waals surface area contributed by atoms with Crippen molar-refractivity contribution >= 4 is 30.6 Å². The standard InChI is InChI=1S/C20H27IO4S/c1-5-6-16-24-26(22,23)25-21(18-10-8-7-9-11-18)19-14-12-17(13-15-19)20(2,3)4/h7-15H,5-6,16H2,1-4H3. The molecule has 0 aliphatic carbocycles. The monoisotopic (exact) mass is 490 g/mol. The van der Waals surface area contributed by atoms with E-state index in [0.29, 0.717) is 6.42 Å². The molecule has 0 aliphatic heterocycles. The molecule has 0 aliphatic rings. The van der Waals surface area contributed by atoms with Crippen LogP contribution in [-0.2, 0) is 22.5 Å². The average molecular weight is 490 g/mol. The van der Waals surface area contributed by atoms with E-state index in [4.69, 9.17) is 6.70 Å². The van der Waals surface area contributed by atoms with Crippen LogP contribution in [-0.4, -0.2) is 15.0 Å². The quantitative estimate of drug-likeness (QED) is 0.361. The van der Waals surface area contributed by atoms with Crippen LogP contribution in [0.5, 0.6) is 0 Å². The van der Waals surface area contributed by atoms with E-state index in [0.717, 1.165) is 13.6 Å². The fraction of sp³-hybridized carbons (Fsp3) is 0.400. The summed E-state index contributed by atoms with van der Waals surface area (Å²) in [5, 5.41) is 0. The summed E-state index contributed by atoms with van der Waals surface area (Å²) in [6.45, 7) is 8.59. The van der Waals surface area contributed by atoms with Gasteiger partial charge in [-0.25, -0.2) is 0 Å². The number of benzene rings is 2. The molecule has 0 fully saturated rings. The third-order valence-corrected chi connectivity index (χ3v) is 10.5. The Bertz CT molecular complexity index is 781. The first-order valence-electron chi connectivity index (χ1n) is 8.68. The van der Waals surface area contributed by atoms with Gasteiger partial charge in [-0.3, -0.25) is 0 Å². The summed E-state index contributed by atoms with van der Waals surface area (Å²) in [5.41, 5.74) is 1.24. The van der Waals surface area contributed by atoms with Gasteiger partial charge in [0.25, 0.3) is 0 Å². The molecule has 0 bridgehead atoms. The van der Waals surface area contributed by atoms with Gasteiger partial charge in [0.05, 0.1) is 0 Å². The number of hydrogen-bond donors (Lipinski definition) is 0. The van der Waals surface area contributed by atoms with Gasteiger partial charge in [-0.15, -0.1) is 0 Å². The summed E-state index contributed by atoms with van der Waals surface area (Å²) in [6, 6.07) is 17.6. The van der Waals surface area contributed by atoms with Crippen LogP contribution in [0.3, 0.4) is 0 Å². The number of unbranched alkanes of at least 4 members (excludes halogenated alkanes) is 1. The molecule has 26 heavy (non-hydrogen) atoms. The molecule has 144 valence electrons. The van der Waals surface area contributed by atoms with Gasteiger partial charge in [0.15, 0.2) is 0 Å². The van der Waals surface area contributed by atoms with Gasteiger partial charge in [-0.05, 0) is 0 Å². The number of hydrogen-bond acceptors (Lipinski definition) is 4. The molecule has 0 saturated heterocycles. The normalized spacial score (nSPS) is 12.8. The second-order valence-electron chi connectivity index (χ2n) is 6.95. The van der Waals surface area contributed by atoms with Crippen LogP contribution in [0.15, 0.2) is 54.6 Å². The molecule has 2 aromatic carbocycles. The maximum absolute atomic E-state index is 12.3. The van der Waals surface area contributed by atoms with Crippen molar-refractivity contribution in [1.29, 1.82) is 0 Å². The van der Waals surface area contributed by atoms with Crippen molar-refractivity contribution < 1.29 is 15.1 Å². The van der Waals surface area contributed by atoms with Gasteiger partial charge < -0.3 is 0 Å². The fourth-order valence-electron chi connectivity index (χ4n) is 2.19. The second kappa shape index (κ2) is 9.30. The van der Waals surface area contributed by atoms with Gasteiger partial charge in [0.2, 0.25) is 0 Å². The molecule has 0 atom stereocenters. The summed E-state index contributed by atoms with van der Waals surface area (Å²) in [7, 11) is -4.02. The molecule has 2 aromatic rings. The summed E-state index contributed by atoms with van der Waals surface area (Å²) < 4.78 is 37.0. The van der Waals surface area contributed by atoms with E-state index in [9.17, 15) is 8.42 Å². The molecule has 4 nitrogen and oxygen atoms in total. The molecule has 0 unspecified atom stereocenters. The zero-order valence-corrected chi connectivity index (χ0v) is 18.7. The van der Waals surface area contributed by atoms with E-state index in [1.54, 1.807) is 0 Å². The number of rotatable bonds is 8. The van der Waals surface area contributed by atoms with E-state index >= 15 is 0 Å². The van der Waals surface area contributed by atoms with Gasteiger partial charge >= 0.3 is 166 Å². The Balaban J connectivity index is 2.31. The van der Waals surface area contributed by atoms with Gasteiger partial charge in [0, 0.05) is 0 Å². The van der Waals surface area contributed by atoms with Crippen molar-refractivity contribution in [3.63, 3.8) is 0 Å². The summed E-state index contributed by atoms with van der Waals surface area (Å²) in [4.78, 5) is 0. The minimum atomic E-state index is -4.02. The topological polar surface area (TPSA) is 52.6 Å². The van der Waals surface area contributed by atoms with E-state index in [1.165, 1.54) is 5.56 Å². The summed E-state index contributed by atoms with van der Waals surface area (Å²) in [5.74, 6) is 0. The predicted octanol–water partition coefficient (Wildman–Crippen LogP) is 5.52. The molecule has 0 aromatic heterocycles. The minimum absolute atomic E-state index is 0.0422. The van der Waals surface area contributed by atoms with Crippen LogP contribution in [0, 0.1) is 7.14 Å². The first-order valence-corrected chi connectivity index (χ1v) is 13.0. The van der Waals surface area contributed by atoms with Crippen LogP contribution >= 0.6 is 20.2 Å². The maximum atomic E-state index is 12.3. The molecule has 0 N–H and O–H groups in total. The van der Waals surface area contributed by atoms with Crippen molar-refractivity contribution in [1.82, 2.24) is 0 Å². The molecule has 0 amide bonds. The zero-order chi connectivity index (χ0) is 19.2. The Kier molecular flexibility index (Phi) is 7.63. The first kappa shape index (κ1) is 21.3. The Hall–Kier alpha value is -0.960. The second-order valence-corrected chi connectivity index (χ2v) is 13.1. The average Bonchev–Trinajstić information content (AvgIpc) is 2.60. The van der Waals surface area contributed by atoms with Crippen molar-refractivity contribution in [3.8, 4) is 0 Å². The van der Waals surface area contributed by atoms with Crippen LogP contribution < -0.4 is 0 Å². The molecule has 0 spiro atoms. The van der Waals surface area contributed by atoms with Crippen LogP contribution in [0.2, 0.25) is 0 Å². The molecular weight excluding hydrogens is 463 g/mol.